The Kier molecular flexibility index (Phi) is 3.89. The highest BCUT2D eigenvalue weighted by atomic mass is 19.4. The van der Waals surface area contributed by atoms with E-state index in [1.54, 1.807) is 0 Å². The fraction of sp³-hybridized carbons (Fsp3) is 0.462. The quantitative estimate of drug-likeness (QED) is 0.926. The van der Waals surface area contributed by atoms with E-state index in [0.29, 0.717) is 0 Å². The van der Waals surface area contributed by atoms with Gasteiger partial charge in [-0.2, -0.15) is 13.2 Å². The van der Waals surface area contributed by atoms with Gasteiger partial charge in [-0.3, -0.25) is 4.79 Å². The Hall–Kier alpha value is -1.76. The lowest BCUT2D eigenvalue weighted by molar-refractivity contribution is -0.137. The molecule has 2 N–H and O–H groups in total. The van der Waals surface area contributed by atoms with E-state index in [0.717, 1.165) is 11.0 Å². The van der Waals surface area contributed by atoms with Gasteiger partial charge < -0.3 is 15.4 Å². The highest BCUT2D eigenvalue weighted by Gasteiger charge is 2.39. The van der Waals surface area contributed by atoms with Crippen LogP contribution in [0.3, 0.4) is 0 Å². The van der Waals surface area contributed by atoms with E-state index in [4.69, 9.17) is 10.5 Å². The van der Waals surface area contributed by atoms with Crippen LogP contribution in [0, 0.1) is 5.92 Å². The molecule has 0 saturated carbocycles. The van der Waals surface area contributed by atoms with Crippen LogP contribution >= 0.6 is 0 Å². The van der Waals surface area contributed by atoms with Crippen molar-refractivity contribution >= 4 is 11.6 Å². The van der Waals surface area contributed by atoms with Crippen LogP contribution in [0.15, 0.2) is 18.2 Å². The number of halogens is 3. The van der Waals surface area contributed by atoms with Crippen molar-refractivity contribution in [2.45, 2.75) is 12.6 Å². The van der Waals surface area contributed by atoms with Crippen molar-refractivity contribution in [3.05, 3.63) is 23.8 Å². The summed E-state index contributed by atoms with van der Waals surface area (Å²) in [5.74, 6) is -0.343. The molecule has 1 aromatic rings. The lowest BCUT2D eigenvalue weighted by atomic mass is 10.1. The Balaban J connectivity index is 2.43. The van der Waals surface area contributed by atoms with Crippen molar-refractivity contribution in [1.29, 1.82) is 0 Å². The van der Waals surface area contributed by atoms with Crippen LogP contribution in [-0.2, 0) is 11.0 Å². The van der Waals surface area contributed by atoms with Gasteiger partial charge in [-0.25, -0.2) is 0 Å². The van der Waals surface area contributed by atoms with Crippen molar-refractivity contribution in [2.75, 3.05) is 25.1 Å². The SMILES string of the molecule is COc1ccc(N2CC(CN)CC2=O)c(C(F)(F)F)c1. The predicted octanol–water partition coefficient (Wildman–Crippen LogP) is 2.03. The second-order valence-corrected chi connectivity index (χ2v) is 4.69. The van der Waals surface area contributed by atoms with E-state index in [9.17, 15) is 18.0 Å². The molecule has 20 heavy (non-hydrogen) atoms. The summed E-state index contributed by atoms with van der Waals surface area (Å²) in [6.45, 7) is 0.491. The van der Waals surface area contributed by atoms with Crippen LogP contribution in [-0.4, -0.2) is 26.1 Å². The molecule has 1 aliphatic heterocycles. The van der Waals surface area contributed by atoms with Crippen molar-refractivity contribution in [3.63, 3.8) is 0 Å². The second-order valence-electron chi connectivity index (χ2n) is 4.69. The summed E-state index contributed by atoms with van der Waals surface area (Å²) in [4.78, 5) is 13.0. The first-order valence-electron chi connectivity index (χ1n) is 6.12. The molecule has 4 nitrogen and oxygen atoms in total. The number of carbonyl (C=O) groups excluding carboxylic acids is 1. The van der Waals surface area contributed by atoms with E-state index in [1.165, 1.54) is 19.2 Å². The summed E-state index contributed by atoms with van der Waals surface area (Å²) in [5, 5.41) is 0. The van der Waals surface area contributed by atoms with Gasteiger partial charge in [0, 0.05) is 13.0 Å². The molecule has 1 aromatic carbocycles. The first-order valence-corrected chi connectivity index (χ1v) is 6.12. The van der Waals surface area contributed by atoms with Crippen LogP contribution in [0.5, 0.6) is 5.75 Å². The molecule has 0 spiro atoms. The van der Waals surface area contributed by atoms with Crippen LogP contribution in [0.2, 0.25) is 0 Å². The van der Waals surface area contributed by atoms with E-state index in [-0.39, 0.29) is 42.8 Å². The second kappa shape index (κ2) is 5.32. The predicted molar refractivity (Wildman–Crippen MR) is 67.5 cm³/mol. The van der Waals surface area contributed by atoms with Crippen molar-refractivity contribution < 1.29 is 22.7 Å². The van der Waals surface area contributed by atoms with Gasteiger partial charge in [-0.15, -0.1) is 0 Å². The van der Waals surface area contributed by atoms with Gasteiger partial charge in [0.2, 0.25) is 5.91 Å². The van der Waals surface area contributed by atoms with Gasteiger partial charge in [0.15, 0.2) is 0 Å². The molecule has 2 rings (SSSR count). The summed E-state index contributed by atoms with van der Waals surface area (Å²) >= 11 is 0. The van der Waals surface area contributed by atoms with Crippen LogP contribution in [0.1, 0.15) is 12.0 Å². The van der Waals surface area contributed by atoms with Gasteiger partial charge in [0.05, 0.1) is 18.4 Å². The van der Waals surface area contributed by atoms with Gasteiger partial charge >= 0.3 is 6.18 Å². The summed E-state index contributed by atoms with van der Waals surface area (Å²) in [6.07, 6.45) is -4.37. The molecule has 0 bridgehead atoms. The highest BCUT2D eigenvalue weighted by molar-refractivity contribution is 5.96. The molecule has 0 aliphatic carbocycles. The molecule has 0 aromatic heterocycles. The minimum absolute atomic E-state index is 0.100. The first kappa shape index (κ1) is 14.6. The number of alkyl halides is 3. The lowest BCUT2D eigenvalue weighted by Gasteiger charge is -2.22. The van der Waals surface area contributed by atoms with Crippen LogP contribution < -0.4 is 15.4 Å². The maximum atomic E-state index is 13.1. The van der Waals surface area contributed by atoms with E-state index < -0.39 is 11.7 Å². The number of amides is 1. The Morgan fingerprint density at radius 3 is 2.65 bits per heavy atom. The van der Waals surface area contributed by atoms with Crippen molar-refractivity contribution in [3.8, 4) is 5.75 Å². The summed E-state index contributed by atoms with van der Waals surface area (Å²) in [6, 6.07) is 3.57. The Labute approximate surface area is 114 Å². The molecule has 0 radical (unpaired) electrons. The zero-order chi connectivity index (χ0) is 14.9. The summed E-state index contributed by atoms with van der Waals surface area (Å²) < 4.78 is 44.1. The normalized spacial score (nSPS) is 19.6. The van der Waals surface area contributed by atoms with Gasteiger partial charge in [0.1, 0.15) is 5.75 Å². The third-order valence-electron chi connectivity index (χ3n) is 3.34. The Morgan fingerprint density at radius 2 is 2.15 bits per heavy atom. The zero-order valence-electron chi connectivity index (χ0n) is 10.9. The third kappa shape index (κ3) is 2.72. The Morgan fingerprint density at radius 1 is 1.45 bits per heavy atom. The molecule has 1 fully saturated rings. The number of hydrogen-bond donors (Lipinski definition) is 1. The van der Waals surface area contributed by atoms with Crippen LogP contribution in [0.25, 0.3) is 0 Å². The molecule has 1 heterocycles. The maximum Gasteiger partial charge on any atom is 0.418 e. The highest BCUT2D eigenvalue weighted by Crippen LogP contribution is 2.40. The first-order chi connectivity index (χ1) is 9.36. The number of ether oxygens (including phenoxy) is 1. The minimum Gasteiger partial charge on any atom is -0.497 e. The average molecular weight is 288 g/mol. The number of benzene rings is 1. The zero-order valence-corrected chi connectivity index (χ0v) is 10.9. The summed E-state index contributed by atoms with van der Waals surface area (Å²) in [7, 11) is 1.29. The van der Waals surface area contributed by atoms with Gasteiger partial charge in [-0.1, -0.05) is 0 Å². The number of hydrogen-bond acceptors (Lipinski definition) is 3. The van der Waals surface area contributed by atoms with Crippen molar-refractivity contribution in [1.82, 2.24) is 0 Å². The molecular formula is C13H15F3N2O2. The van der Waals surface area contributed by atoms with Crippen molar-refractivity contribution in [2.24, 2.45) is 11.7 Å². The summed E-state index contributed by atoms with van der Waals surface area (Å²) in [5.41, 5.74) is 4.47. The largest absolute Gasteiger partial charge is 0.497 e. The lowest BCUT2D eigenvalue weighted by Crippen LogP contribution is -2.28. The molecule has 1 amide bonds. The smallest absolute Gasteiger partial charge is 0.418 e. The molecule has 1 aliphatic rings. The number of nitrogens with two attached hydrogens (primary N) is 1. The molecular weight excluding hydrogens is 273 g/mol. The number of methoxy groups -OCH3 is 1. The molecule has 110 valence electrons. The fourth-order valence-electron chi connectivity index (χ4n) is 2.28. The number of nitrogens with zero attached hydrogens (tertiary/aromatic N) is 1. The third-order valence-corrected chi connectivity index (χ3v) is 3.34. The van der Waals surface area contributed by atoms with E-state index in [2.05, 4.69) is 0 Å². The van der Waals surface area contributed by atoms with Crippen LogP contribution in [0.4, 0.5) is 18.9 Å². The Bertz CT molecular complexity index is 517. The number of rotatable bonds is 3. The average Bonchev–Trinajstić information content (AvgIpc) is 2.78. The number of anilines is 1. The maximum absolute atomic E-state index is 13.1. The molecule has 1 saturated heterocycles. The van der Waals surface area contributed by atoms with E-state index >= 15 is 0 Å². The number of carbonyl (C=O) groups is 1. The molecule has 1 atom stereocenters. The van der Waals surface area contributed by atoms with E-state index in [1.807, 2.05) is 0 Å². The van der Waals surface area contributed by atoms with Gasteiger partial charge in [0.25, 0.3) is 0 Å². The molecule has 1 unspecified atom stereocenters. The standard InChI is InChI=1S/C13H15F3N2O2/c1-20-9-2-3-11(10(5-9)13(14,15)16)18-7-8(6-17)4-12(18)19/h2-3,5,8H,4,6-7,17H2,1H3. The monoisotopic (exact) mass is 288 g/mol. The fourth-order valence-corrected chi connectivity index (χ4v) is 2.28. The van der Waals surface area contributed by atoms with Gasteiger partial charge in [-0.05, 0) is 30.7 Å². The molecule has 7 heteroatoms. The minimum atomic E-state index is -4.55. The topological polar surface area (TPSA) is 55.6 Å².